The van der Waals surface area contributed by atoms with Gasteiger partial charge in [-0.2, -0.15) is 5.26 Å². The Morgan fingerprint density at radius 1 is 1.06 bits per heavy atom. The molecule has 3 heteroatoms. The fourth-order valence-electron chi connectivity index (χ4n) is 3.93. The maximum atomic E-state index is 11.1. The Morgan fingerprint density at radius 3 is 2.00 bits per heavy atom. The van der Waals surface area contributed by atoms with Crippen molar-refractivity contribution in [3.8, 4) is 6.07 Å². The molecule has 0 aromatic carbocycles. The second-order valence-electron chi connectivity index (χ2n) is 6.31. The van der Waals surface area contributed by atoms with Crippen LogP contribution in [0.3, 0.4) is 0 Å². The lowest BCUT2D eigenvalue weighted by molar-refractivity contribution is -0.175. The van der Waals surface area contributed by atoms with E-state index in [1.807, 2.05) is 13.8 Å². The highest BCUT2D eigenvalue weighted by atomic mass is 16.5. The zero-order valence-electron chi connectivity index (χ0n) is 11.6. The molecule has 1 saturated heterocycles. The molecule has 1 heterocycles. The van der Waals surface area contributed by atoms with Crippen LogP contribution in [-0.2, 0) is 4.74 Å². The summed E-state index contributed by atoms with van der Waals surface area (Å²) in [4.78, 5) is 0. The SMILES string of the molecule is CC1CC(O)(C2(C#N)CCCCCC2)CC(C)O1. The highest BCUT2D eigenvalue weighted by Crippen LogP contribution is 2.49. The first kappa shape index (κ1) is 13.8. The first-order valence-corrected chi connectivity index (χ1v) is 7.30. The van der Waals surface area contributed by atoms with Gasteiger partial charge < -0.3 is 9.84 Å². The average Bonchev–Trinajstić information content (AvgIpc) is 2.53. The first-order valence-electron chi connectivity index (χ1n) is 7.30. The molecule has 2 rings (SSSR count). The minimum Gasteiger partial charge on any atom is -0.388 e. The third-order valence-electron chi connectivity index (χ3n) is 4.78. The Hall–Kier alpha value is -0.590. The summed E-state index contributed by atoms with van der Waals surface area (Å²) in [6.45, 7) is 4.00. The Balaban J connectivity index is 2.26. The largest absolute Gasteiger partial charge is 0.388 e. The molecule has 2 atom stereocenters. The lowest BCUT2D eigenvalue weighted by Gasteiger charge is -2.48. The van der Waals surface area contributed by atoms with E-state index < -0.39 is 11.0 Å². The van der Waals surface area contributed by atoms with Gasteiger partial charge in [0.05, 0.1) is 29.3 Å². The molecule has 2 unspecified atom stereocenters. The molecule has 0 spiro atoms. The van der Waals surface area contributed by atoms with Gasteiger partial charge in [-0.1, -0.05) is 25.7 Å². The molecule has 102 valence electrons. The summed E-state index contributed by atoms with van der Waals surface area (Å²) in [5.41, 5.74) is -1.40. The molecular formula is C15H25NO2. The van der Waals surface area contributed by atoms with Gasteiger partial charge in [0.1, 0.15) is 0 Å². The Bertz CT molecular complexity index is 316. The van der Waals surface area contributed by atoms with Crippen LogP contribution in [-0.4, -0.2) is 22.9 Å². The quantitative estimate of drug-likeness (QED) is 0.728. The standard InChI is InChI=1S/C15H25NO2/c1-12-9-15(17,10-13(2)18-12)14(11-16)7-5-3-4-6-8-14/h12-13,17H,3-10H2,1-2H3. The number of hydrogen-bond acceptors (Lipinski definition) is 3. The van der Waals surface area contributed by atoms with Crippen LogP contribution in [0.2, 0.25) is 0 Å². The minimum atomic E-state index is -0.858. The van der Waals surface area contributed by atoms with Gasteiger partial charge in [0.2, 0.25) is 0 Å². The van der Waals surface area contributed by atoms with E-state index in [1.165, 1.54) is 12.8 Å². The lowest BCUT2D eigenvalue weighted by atomic mass is 9.63. The summed E-state index contributed by atoms with van der Waals surface area (Å²) in [6, 6.07) is 2.50. The highest BCUT2D eigenvalue weighted by molar-refractivity contribution is 5.13. The molecule has 0 aromatic rings. The first-order chi connectivity index (χ1) is 8.51. The molecule has 18 heavy (non-hydrogen) atoms. The molecule has 2 aliphatic rings. The molecule has 0 amide bonds. The minimum absolute atomic E-state index is 0.0484. The molecule has 1 saturated carbocycles. The molecule has 1 N–H and O–H groups in total. The molecule has 1 aliphatic carbocycles. The van der Waals surface area contributed by atoms with Crippen molar-refractivity contribution in [2.45, 2.75) is 83.0 Å². The number of nitriles is 1. The summed E-state index contributed by atoms with van der Waals surface area (Å²) in [7, 11) is 0. The Kier molecular flexibility index (Phi) is 3.99. The molecule has 0 radical (unpaired) electrons. The number of hydrogen-bond donors (Lipinski definition) is 1. The molecular weight excluding hydrogens is 226 g/mol. The van der Waals surface area contributed by atoms with E-state index in [0.29, 0.717) is 12.8 Å². The average molecular weight is 251 g/mol. The van der Waals surface area contributed by atoms with Crippen LogP contribution in [0.25, 0.3) is 0 Å². The lowest BCUT2D eigenvalue weighted by Crippen LogP contribution is -2.54. The topological polar surface area (TPSA) is 53.2 Å². The van der Waals surface area contributed by atoms with Gasteiger partial charge in [0.15, 0.2) is 0 Å². The maximum Gasteiger partial charge on any atom is 0.0882 e. The number of ether oxygens (including phenoxy) is 1. The second kappa shape index (κ2) is 5.19. The number of nitrogens with zero attached hydrogens (tertiary/aromatic N) is 1. The summed E-state index contributed by atoms with van der Waals surface area (Å²) >= 11 is 0. The smallest absolute Gasteiger partial charge is 0.0882 e. The zero-order chi connectivity index (χ0) is 13.2. The van der Waals surface area contributed by atoms with Crippen LogP contribution < -0.4 is 0 Å². The van der Waals surface area contributed by atoms with Crippen LogP contribution >= 0.6 is 0 Å². The Labute approximate surface area is 110 Å². The zero-order valence-corrected chi connectivity index (χ0v) is 11.6. The molecule has 0 bridgehead atoms. The maximum absolute atomic E-state index is 11.1. The third kappa shape index (κ3) is 2.41. The van der Waals surface area contributed by atoms with Gasteiger partial charge in [0.25, 0.3) is 0 Å². The van der Waals surface area contributed by atoms with Crippen LogP contribution in [0.4, 0.5) is 0 Å². The van der Waals surface area contributed by atoms with Gasteiger partial charge >= 0.3 is 0 Å². The van der Waals surface area contributed by atoms with E-state index in [0.717, 1.165) is 25.7 Å². The van der Waals surface area contributed by atoms with Crippen LogP contribution in [0.1, 0.15) is 65.2 Å². The van der Waals surface area contributed by atoms with Crippen molar-refractivity contribution in [1.82, 2.24) is 0 Å². The number of aliphatic hydroxyl groups is 1. The predicted molar refractivity (Wildman–Crippen MR) is 69.9 cm³/mol. The van der Waals surface area contributed by atoms with E-state index in [2.05, 4.69) is 6.07 Å². The van der Waals surface area contributed by atoms with E-state index in [1.54, 1.807) is 0 Å². The normalized spacial score (nSPS) is 40.8. The van der Waals surface area contributed by atoms with Crippen LogP contribution in [0.5, 0.6) is 0 Å². The molecule has 1 aliphatic heterocycles. The monoisotopic (exact) mass is 251 g/mol. The number of rotatable bonds is 1. The summed E-state index contributed by atoms with van der Waals surface area (Å²) in [5.74, 6) is 0. The van der Waals surface area contributed by atoms with E-state index in [4.69, 9.17) is 4.74 Å². The molecule has 3 nitrogen and oxygen atoms in total. The third-order valence-corrected chi connectivity index (χ3v) is 4.78. The van der Waals surface area contributed by atoms with Gasteiger partial charge in [0, 0.05) is 12.8 Å². The van der Waals surface area contributed by atoms with Gasteiger partial charge in [-0.25, -0.2) is 0 Å². The van der Waals surface area contributed by atoms with Gasteiger partial charge in [-0.05, 0) is 26.7 Å². The fraction of sp³-hybridized carbons (Fsp3) is 0.933. The van der Waals surface area contributed by atoms with Crippen LogP contribution in [0.15, 0.2) is 0 Å². The summed E-state index contributed by atoms with van der Waals surface area (Å²) in [6.07, 6.45) is 7.52. The van der Waals surface area contributed by atoms with Crippen molar-refractivity contribution in [2.75, 3.05) is 0 Å². The van der Waals surface area contributed by atoms with Crippen molar-refractivity contribution >= 4 is 0 Å². The fourth-order valence-corrected chi connectivity index (χ4v) is 3.93. The van der Waals surface area contributed by atoms with E-state index in [9.17, 15) is 10.4 Å². The van der Waals surface area contributed by atoms with Crippen molar-refractivity contribution in [3.05, 3.63) is 0 Å². The predicted octanol–water partition coefficient (Wildman–Crippen LogP) is 3.17. The molecule has 2 fully saturated rings. The Morgan fingerprint density at radius 2 is 1.56 bits per heavy atom. The van der Waals surface area contributed by atoms with Crippen molar-refractivity contribution < 1.29 is 9.84 Å². The van der Waals surface area contributed by atoms with Crippen molar-refractivity contribution in [3.63, 3.8) is 0 Å². The second-order valence-corrected chi connectivity index (χ2v) is 6.31. The van der Waals surface area contributed by atoms with Crippen molar-refractivity contribution in [1.29, 1.82) is 5.26 Å². The van der Waals surface area contributed by atoms with E-state index in [-0.39, 0.29) is 12.2 Å². The highest BCUT2D eigenvalue weighted by Gasteiger charge is 2.53. The summed E-state index contributed by atoms with van der Waals surface area (Å²) < 4.78 is 5.72. The van der Waals surface area contributed by atoms with Crippen molar-refractivity contribution in [2.24, 2.45) is 5.41 Å². The van der Waals surface area contributed by atoms with Gasteiger partial charge in [-0.3, -0.25) is 0 Å². The summed E-state index contributed by atoms with van der Waals surface area (Å²) in [5, 5.41) is 20.8. The van der Waals surface area contributed by atoms with Crippen LogP contribution in [0, 0.1) is 16.7 Å². The molecule has 0 aromatic heterocycles. The van der Waals surface area contributed by atoms with E-state index >= 15 is 0 Å². The van der Waals surface area contributed by atoms with Gasteiger partial charge in [-0.15, -0.1) is 0 Å².